The summed E-state index contributed by atoms with van der Waals surface area (Å²) in [7, 11) is 0. The highest BCUT2D eigenvalue weighted by atomic mass is 79.9. The number of carbonyl (C=O) groups excluding carboxylic acids is 1. The molecule has 1 aromatic rings. The van der Waals surface area contributed by atoms with E-state index in [1.54, 1.807) is 12.1 Å². The van der Waals surface area contributed by atoms with Crippen LogP contribution in [0, 0.1) is 11.7 Å². The smallest absolute Gasteiger partial charge is 0.253 e. The first-order valence-corrected chi connectivity index (χ1v) is 7.86. The SMILES string of the molecule is CCN(CC1CCCNC1)C(=O)c1ccc(F)c(Br)c1. The minimum Gasteiger partial charge on any atom is -0.339 e. The predicted octanol–water partition coefficient (Wildman–Crippen LogP) is 3.05. The Hall–Kier alpha value is -0.940. The van der Waals surface area contributed by atoms with Crippen LogP contribution in [-0.4, -0.2) is 37.0 Å². The summed E-state index contributed by atoms with van der Waals surface area (Å²) in [6.45, 7) is 5.45. The zero-order valence-corrected chi connectivity index (χ0v) is 13.2. The van der Waals surface area contributed by atoms with Crippen LogP contribution in [0.2, 0.25) is 0 Å². The third-order valence-corrected chi connectivity index (χ3v) is 4.32. The van der Waals surface area contributed by atoms with E-state index in [0.29, 0.717) is 22.5 Å². The first-order valence-electron chi connectivity index (χ1n) is 7.07. The van der Waals surface area contributed by atoms with Gasteiger partial charge < -0.3 is 10.2 Å². The van der Waals surface area contributed by atoms with Crippen molar-refractivity contribution in [1.82, 2.24) is 10.2 Å². The second kappa shape index (κ2) is 7.18. The van der Waals surface area contributed by atoms with Gasteiger partial charge in [-0.05, 0) is 72.9 Å². The number of halogens is 2. The molecule has 1 N–H and O–H groups in total. The van der Waals surface area contributed by atoms with Crippen LogP contribution < -0.4 is 5.32 Å². The second-order valence-electron chi connectivity index (χ2n) is 5.19. The van der Waals surface area contributed by atoms with E-state index in [-0.39, 0.29) is 11.7 Å². The van der Waals surface area contributed by atoms with Gasteiger partial charge in [0, 0.05) is 18.7 Å². The number of amides is 1. The van der Waals surface area contributed by atoms with Gasteiger partial charge in [0.15, 0.2) is 0 Å². The Labute approximate surface area is 127 Å². The predicted molar refractivity (Wildman–Crippen MR) is 81.3 cm³/mol. The van der Waals surface area contributed by atoms with Gasteiger partial charge in [-0.1, -0.05) is 0 Å². The maximum Gasteiger partial charge on any atom is 0.253 e. The number of nitrogens with zero attached hydrogens (tertiary/aromatic N) is 1. The van der Waals surface area contributed by atoms with Gasteiger partial charge in [-0.2, -0.15) is 0 Å². The van der Waals surface area contributed by atoms with Crippen molar-refractivity contribution < 1.29 is 9.18 Å². The summed E-state index contributed by atoms with van der Waals surface area (Å²) >= 11 is 3.13. The van der Waals surface area contributed by atoms with Crippen LogP contribution >= 0.6 is 15.9 Å². The molecule has 0 aliphatic carbocycles. The number of benzene rings is 1. The maximum absolute atomic E-state index is 13.2. The first-order chi connectivity index (χ1) is 9.61. The van der Waals surface area contributed by atoms with E-state index in [4.69, 9.17) is 0 Å². The third kappa shape index (κ3) is 3.79. The van der Waals surface area contributed by atoms with Crippen LogP contribution in [0.25, 0.3) is 0 Å². The average Bonchev–Trinajstić information content (AvgIpc) is 2.48. The highest BCUT2D eigenvalue weighted by Crippen LogP contribution is 2.19. The molecule has 2 rings (SSSR count). The second-order valence-corrected chi connectivity index (χ2v) is 6.04. The highest BCUT2D eigenvalue weighted by molar-refractivity contribution is 9.10. The summed E-state index contributed by atoms with van der Waals surface area (Å²) in [6.07, 6.45) is 2.32. The summed E-state index contributed by atoms with van der Waals surface area (Å²) in [5.41, 5.74) is 0.531. The summed E-state index contributed by atoms with van der Waals surface area (Å²) < 4.78 is 13.6. The molecule has 5 heteroatoms. The number of hydrogen-bond acceptors (Lipinski definition) is 2. The molecular formula is C15H20BrFN2O. The molecule has 0 saturated carbocycles. The number of nitrogens with one attached hydrogen (secondary N) is 1. The molecule has 0 aromatic heterocycles. The molecule has 1 amide bonds. The molecule has 3 nitrogen and oxygen atoms in total. The Bertz CT molecular complexity index is 475. The van der Waals surface area contributed by atoms with Crippen LogP contribution in [0.15, 0.2) is 22.7 Å². The molecule has 1 aliphatic heterocycles. The molecule has 0 radical (unpaired) electrons. The van der Waals surface area contributed by atoms with Gasteiger partial charge in [-0.3, -0.25) is 4.79 Å². The molecular weight excluding hydrogens is 323 g/mol. The van der Waals surface area contributed by atoms with Crippen LogP contribution in [0.5, 0.6) is 0 Å². The Balaban J connectivity index is 2.05. The summed E-state index contributed by atoms with van der Waals surface area (Å²) in [5, 5.41) is 3.36. The van der Waals surface area contributed by atoms with Gasteiger partial charge in [-0.25, -0.2) is 4.39 Å². The van der Waals surface area contributed by atoms with Crippen molar-refractivity contribution in [3.8, 4) is 0 Å². The summed E-state index contributed by atoms with van der Waals surface area (Å²) in [4.78, 5) is 14.3. The molecule has 1 fully saturated rings. The number of hydrogen-bond donors (Lipinski definition) is 1. The van der Waals surface area contributed by atoms with Crippen LogP contribution in [0.4, 0.5) is 4.39 Å². The molecule has 1 aliphatic rings. The van der Waals surface area contributed by atoms with Gasteiger partial charge in [0.25, 0.3) is 5.91 Å². The molecule has 20 heavy (non-hydrogen) atoms. The van der Waals surface area contributed by atoms with Gasteiger partial charge in [-0.15, -0.1) is 0 Å². The topological polar surface area (TPSA) is 32.3 Å². The molecule has 1 aromatic carbocycles. The zero-order valence-electron chi connectivity index (χ0n) is 11.7. The van der Waals surface area contributed by atoms with E-state index < -0.39 is 0 Å². The lowest BCUT2D eigenvalue weighted by Crippen LogP contribution is -2.41. The Morgan fingerprint density at radius 2 is 2.35 bits per heavy atom. The lowest BCUT2D eigenvalue weighted by Gasteiger charge is -2.29. The van der Waals surface area contributed by atoms with Gasteiger partial charge in [0.05, 0.1) is 4.47 Å². The van der Waals surface area contributed by atoms with Gasteiger partial charge in [0.1, 0.15) is 5.82 Å². The lowest BCUT2D eigenvalue weighted by atomic mass is 9.99. The molecule has 0 bridgehead atoms. The van der Waals surface area contributed by atoms with Crippen molar-refractivity contribution >= 4 is 21.8 Å². The Kier molecular flexibility index (Phi) is 5.54. The van der Waals surface area contributed by atoms with E-state index in [9.17, 15) is 9.18 Å². The van der Waals surface area contributed by atoms with Crippen molar-refractivity contribution in [2.45, 2.75) is 19.8 Å². The van der Waals surface area contributed by atoms with Crippen LogP contribution in [-0.2, 0) is 0 Å². The summed E-state index contributed by atoms with van der Waals surface area (Å²) in [5.74, 6) is 0.136. The van der Waals surface area contributed by atoms with Crippen LogP contribution in [0.3, 0.4) is 0 Å². The molecule has 1 heterocycles. The molecule has 110 valence electrons. The molecule has 0 spiro atoms. The van der Waals surface area contributed by atoms with Gasteiger partial charge in [0.2, 0.25) is 0 Å². The van der Waals surface area contributed by atoms with Crippen molar-refractivity contribution in [2.75, 3.05) is 26.2 Å². The fourth-order valence-corrected chi connectivity index (χ4v) is 2.94. The number of piperidine rings is 1. The van der Waals surface area contributed by atoms with E-state index in [2.05, 4.69) is 21.2 Å². The van der Waals surface area contributed by atoms with E-state index in [0.717, 1.165) is 26.1 Å². The molecule has 1 saturated heterocycles. The highest BCUT2D eigenvalue weighted by Gasteiger charge is 2.21. The van der Waals surface area contributed by atoms with Crippen LogP contribution in [0.1, 0.15) is 30.1 Å². The fourth-order valence-electron chi connectivity index (χ4n) is 2.56. The number of carbonyl (C=O) groups is 1. The molecule has 1 unspecified atom stereocenters. The standard InChI is InChI=1S/C15H20BrFN2O/c1-2-19(10-11-4-3-7-18-9-11)15(20)12-5-6-14(17)13(16)8-12/h5-6,8,11,18H,2-4,7,9-10H2,1H3. The fraction of sp³-hybridized carbons (Fsp3) is 0.533. The van der Waals surface area contributed by atoms with Crippen molar-refractivity contribution in [1.29, 1.82) is 0 Å². The lowest BCUT2D eigenvalue weighted by molar-refractivity contribution is 0.0729. The van der Waals surface area contributed by atoms with Crippen molar-refractivity contribution in [3.63, 3.8) is 0 Å². The minimum atomic E-state index is -0.346. The monoisotopic (exact) mass is 342 g/mol. The van der Waals surface area contributed by atoms with E-state index >= 15 is 0 Å². The molecule has 1 atom stereocenters. The normalized spacial score (nSPS) is 18.9. The quantitative estimate of drug-likeness (QED) is 0.911. The maximum atomic E-state index is 13.2. The Morgan fingerprint density at radius 3 is 2.95 bits per heavy atom. The zero-order chi connectivity index (χ0) is 14.5. The first kappa shape index (κ1) is 15.4. The average molecular weight is 343 g/mol. The minimum absolute atomic E-state index is 0.0289. The van der Waals surface area contributed by atoms with Gasteiger partial charge >= 0.3 is 0 Å². The van der Waals surface area contributed by atoms with Crippen molar-refractivity contribution in [3.05, 3.63) is 34.1 Å². The van der Waals surface area contributed by atoms with Crippen molar-refractivity contribution in [2.24, 2.45) is 5.92 Å². The largest absolute Gasteiger partial charge is 0.339 e. The third-order valence-electron chi connectivity index (χ3n) is 3.71. The van der Waals surface area contributed by atoms with E-state index in [1.165, 1.54) is 12.5 Å². The van der Waals surface area contributed by atoms with E-state index in [1.807, 2.05) is 11.8 Å². The number of rotatable bonds is 4. The summed E-state index contributed by atoms with van der Waals surface area (Å²) in [6, 6.07) is 4.43. The Morgan fingerprint density at radius 1 is 1.55 bits per heavy atom.